The molecule has 0 radical (unpaired) electrons. The van der Waals surface area contributed by atoms with Crippen LogP contribution in [0.25, 0.3) is 0 Å². The van der Waals surface area contributed by atoms with Crippen LogP contribution >= 0.6 is 0 Å². The Bertz CT molecular complexity index is 893. The molecular formula is C23H26N2O3. The molecule has 146 valence electrons. The first-order chi connectivity index (χ1) is 13.5. The molecule has 0 aromatic heterocycles. The van der Waals surface area contributed by atoms with Crippen molar-refractivity contribution in [2.45, 2.75) is 39.2 Å². The molecular weight excluding hydrogens is 352 g/mol. The second kappa shape index (κ2) is 7.66. The Balaban J connectivity index is 1.56. The molecule has 1 atom stereocenters. The van der Waals surface area contributed by atoms with Crippen LogP contribution < -0.4 is 14.5 Å². The molecule has 28 heavy (non-hydrogen) atoms. The number of ether oxygens (including phenoxy) is 1. The minimum atomic E-state index is -0.328. The quantitative estimate of drug-likeness (QED) is 0.813. The number of fused-ring (bicyclic) bond motifs is 1. The summed E-state index contributed by atoms with van der Waals surface area (Å²) in [6.45, 7) is 5.04. The molecule has 1 saturated heterocycles. The fourth-order valence-electron chi connectivity index (χ4n) is 4.12. The van der Waals surface area contributed by atoms with Gasteiger partial charge in [0.2, 0.25) is 11.8 Å². The van der Waals surface area contributed by atoms with Gasteiger partial charge >= 0.3 is 0 Å². The van der Waals surface area contributed by atoms with Crippen molar-refractivity contribution in [3.05, 3.63) is 54.1 Å². The van der Waals surface area contributed by atoms with Gasteiger partial charge in [-0.05, 0) is 50.5 Å². The first kappa shape index (κ1) is 18.5. The molecule has 2 amide bonds. The second-order valence-electron chi connectivity index (χ2n) is 7.76. The molecule has 4 rings (SSSR count). The lowest BCUT2D eigenvalue weighted by Gasteiger charge is -2.31. The molecule has 0 N–H and O–H groups in total. The molecule has 5 heteroatoms. The highest BCUT2D eigenvalue weighted by molar-refractivity contribution is 6.05. The summed E-state index contributed by atoms with van der Waals surface area (Å²) < 4.78 is 5.88. The molecule has 2 aromatic rings. The maximum absolute atomic E-state index is 13.3. The fourth-order valence-corrected chi connectivity index (χ4v) is 4.12. The van der Waals surface area contributed by atoms with Crippen molar-refractivity contribution in [1.82, 2.24) is 0 Å². The van der Waals surface area contributed by atoms with Gasteiger partial charge in [0, 0.05) is 25.2 Å². The maximum Gasteiger partial charge on any atom is 0.232 e. The van der Waals surface area contributed by atoms with Gasteiger partial charge in [0.1, 0.15) is 5.75 Å². The van der Waals surface area contributed by atoms with E-state index in [1.807, 2.05) is 61.2 Å². The van der Waals surface area contributed by atoms with Gasteiger partial charge in [-0.25, -0.2) is 0 Å². The van der Waals surface area contributed by atoms with E-state index in [0.29, 0.717) is 18.8 Å². The Morgan fingerprint density at radius 1 is 1.07 bits per heavy atom. The van der Waals surface area contributed by atoms with Crippen LogP contribution in [0.2, 0.25) is 0 Å². The minimum absolute atomic E-state index is 0.0149. The number of anilines is 2. The molecule has 0 saturated carbocycles. The lowest BCUT2D eigenvalue weighted by atomic mass is 9.99. The van der Waals surface area contributed by atoms with Crippen molar-refractivity contribution in [2.75, 3.05) is 22.9 Å². The molecule has 5 nitrogen and oxygen atoms in total. The highest BCUT2D eigenvalue weighted by atomic mass is 16.5. The number of nitrogens with zero attached hydrogens (tertiary/aromatic N) is 2. The number of benzene rings is 2. The third-order valence-electron chi connectivity index (χ3n) is 5.37. The smallest absolute Gasteiger partial charge is 0.232 e. The summed E-state index contributed by atoms with van der Waals surface area (Å²) in [5.74, 6) is 0.377. The topological polar surface area (TPSA) is 49.9 Å². The number of rotatable bonds is 4. The molecule has 1 fully saturated rings. The van der Waals surface area contributed by atoms with Crippen LogP contribution in [-0.2, 0) is 16.0 Å². The zero-order valence-corrected chi connectivity index (χ0v) is 16.4. The summed E-state index contributed by atoms with van der Waals surface area (Å²) in [5.41, 5.74) is 2.95. The van der Waals surface area contributed by atoms with Crippen LogP contribution in [0, 0.1) is 5.92 Å². The minimum Gasteiger partial charge on any atom is -0.489 e. The fraction of sp³-hybridized carbons (Fsp3) is 0.391. The average molecular weight is 378 g/mol. The third kappa shape index (κ3) is 3.49. The summed E-state index contributed by atoms with van der Waals surface area (Å²) in [6.07, 6.45) is 2.21. The van der Waals surface area contributed by atoms with Crippen LogP contribution in [-0.4, -0.2) is 31.0 Å². The number of para-hydroxylation sites is 3. The van der Waals surface area contributed by atoms with E-state index in [9.17, 15) is 9.59 Å². The van der Waals surface area contributed by atoms with Crippen molar-refractivity contribution in [1.29, 1.82) is 0 Å². The highest BCUT2D eigenvalue weighted by Gasteiger charge is 2.39. The third-order valence-corrected chi connectivity index (χ3v) is 5.37. The number of aryl methyl sites for hydroxylation is 1. The number of carbonyl (C=O) groups excluding carboxylic acids is 2. The largest absolute Gasteiger partial charge is 0.489 e. The lowest BCUT2D eigenvalue weighted by molar-refractivity contribution is -0.124. The van der Waals surface area contributed by atoms with Crippen molar-refractivity contribution in [3.63, 3.8) is 0 Å². The van der Waals surface area contributed by atoms with Crippen molar-refractivity contribution in [3.8, 4) is 5.75 Å². The number of hydrogen-bond acceptors (Lipinski definition) is 3. The number of amides is 2. The lowest BCUT2D eigenvalue weighted by Crippen LogP contribution is -2.40. The van der Waals surface area contributed by atoms with Gasteiger partial charge in [0.15, 0.2) is 0 Å². The molecule has 2 heterocycles. The Morgan fingerprint density at radius 2 is 1.79 bits per heavy atom. The molecule has 2 aromatic carbocycles. The van der Waals surface area contributed by atoms with E-state index >= 15 is 0 Å². The zero-order valence-electron chi connectivity index (χ0n) is 16.4. The van der Waals surface area contributed by atoms with E-state index in [1.165, 1.54) is 5.56 Å². The Hall–Kier alpha value is -2.82. The Kier molecular flexibility index (Phi) is 5.07. The van der Waals surface area contributed by atoms with Crippen molar-refractivity contribution < 1.29 is 14.3 Å². The summed E-state index contributed by atoms with van der Waals surface area (Å²) in [7, 11) is 0. The zero-order chi connectivity index (χ0) is 19.7. The Morgan fingerprint density at radius 3 is 2.57 bits per heavy atom. The Labute approximate surface area is 165 Å². The highest BCUT2D eigenvalue weighted by Crippen LogP contribution is 2.35. The van der Waals surface area contributed by atoms with E-state index in [-0.39, 0.29) is 30.3 Å². The van der Waals surface area contributed by atoms with Crippen LogP contribution in [0.1, 0.15) is 32.3 Å². The van der Waals surface area contributed by atoms with Gasteiger partial charge in [-0.2, -0.15) is 0 Å². The molecule has 0 spiro atoms. The predicted octanol–water partition coefficient (Wildman–Crippen LogP) is 3.81. The van der Waals surface area contributed by atoms with Crippen molar-refractivity contribution >= 4 is 23.2 Å². The normalized spacial score (nSPS) is 19.1. The summed E-state index contributed by atoms with van der Waals surface area (Å²) in [5, 5.41) is 0. The number of carbonyl (C=O) groups is 2. The van der Waals surface area contributed by atoms with E-state index in [4.69, 9.17) is 4.74 Å². The first-order valence-corrected chi connectivity index (χ1v) is 10.00. The summed E-state index contributed by atoms with van der Waals surface area (Å²) in [4.78, 5) is 29.6. The van der Waals surface area contributed by atoms with Gasteiger partial charge in [0.05, 0.1) is 17.7 Å². The van der Waals surface area contributed by atoms with Gasteiger partial charge in [-0.15, -0.1) is 0 Å². The van der Waals surface area contributed by atoms with Crippen LogP contribution in [0.15, 0.2) is 48.5 Å². The van der Waals surface area contributed by atoms with Gasteiger partial charge in [-0.3, -0.25) is 9.59 Å². The van der Waals surface area contributed by atoms with Crippen LogP contribution in [0.4, 0.5) is 11.4 Å². The van der Waals surface area contributed by atoms with Gasteiger partial charge in [-0.1, -0.05) is 30.3 Å². The van der Waals surface area contributed by atoms with Crippen LogP contribution in [0.3, 0.4) is 0 Å². The maximum atomic E-state index is 13.3. The number of hydrogen-bond donors (Lipinski definition) is 0. The summed E-state index contributed by atoms with van der Waals surface area (Å²) in [6, 6.07) is 15.6. The molecule has 2 aliphatic rings. The van der Waals surface area contributed by atoms with E-state index < -0.39 is 0 Å². The second-order valence-corrected chi connectivity index (χ2v) is 7.76. The SMILES string of the molecule is CC(C)Oc1ccccc1N1CC(C(=O)N2CCCc3ccccc32)CC1=O. The molecule has 0 bridgehead atoms. The molecule has 0 aliphatic carbocycles. The van der Waals surface area contributed by atoms with Gasteiger partial charge in [0.25, 0.3) is 0 Å². The van der Waals surface area contributed by atoms with Crippen LogP contribution in [0.5, 0.6) is 5.75 Å². The first-order valence-electron chi connectivity index (χ1n) is 10.00. The monoisotopic (exact) mass is 378 g/mol. The van der Waals surface area contributed by atoms with Crippen molar-refractivity contribution in [2.24, 2.45) is 5.92 Å². The van der Waals surface area contributed by atoms with E-state index in [1.54, 1.807) is 4.90 Å². The predicted molar refractivity (Wildman–Crippen MR) is 110 cm³/mol. The molecule has 1 unspecified atom stereocenters. The van der Waals surface area contributed by atoms with E-state index in [2.05, 4.69) is 6.07 Å². The standard InChI is InChI=1S/C23H26N2O3/c1-16(2)28-21-12-6-5-11-20(21)25-15-18(14-22(25)26)23(27)24-13-7-9-17-8-3-4-10-19(17)24/h3-6,8,10-12,16,18H,7,9,13-15H2,1-2H3. The van der Waals surface area contributed by atoms with Gasteiger partial charge < -0.3 is 14.5 Å². The van der Waals surface area contributed by atoms with E-state index in [0.717, 1.165) is 24.2 Å². The summed E-state index contributed by atoms with van der Waals surface area (Å²) >= 11 is 0. The molecule has 2 aliphatic heterocycles. The average Bonchev–Trinajstić information content (AvgIpc) is 3.08.